The van der Waals surface area contributed by atoms with E-state index in [1.54, 1.807) is 0 Å². The lowest BCUT2D eigenvalue weighted by Gasteiger charge is -2.05. The van der Waals surface area contributed by atoms with Gasteiger partial charge in [-0.05, 0) is 6.07 Å². The second-order valence-corrected chi connectivity index (χ2v) is 3.94. The van der Waals surface area contributed by atoms with Gasteiger partial charge in [-0.25, -0.2) is 4.21 Å². The summed E-state index contributed by atoms with van der Waals surface area (Å²) < 4.78 is 46.8. The third-order valence-electron chi connectivity index (χ3n) is 1.45. The topological polar surface area (TPSA) is 60.2 Å². The summed E-state index contributed by atoms with van der Waals surface area (Å²) in [7, 11) is -3.23. The van der Waals surface area contributed by atoms with Gasteiger partial charge in [0, 0.05) is 12.1 Å². The lowest BCUT2D eigenvalue weighted by Crippen LogP contribution is -2.16. The molecule has 4 nitrogen and oxygen atoms in total. The Balaban J connectivity index is 3.12. The number of hydrogen-bond acceptors (Lipinski definition) is 3. The lowest BCUT2D eigenvalue weighted by molar-refractivity contribution is -0.385. The molecule has 1 aromatic rings. The van der Waals surface area contributed by atoms with Crippen LogP contribution in [0.2, 0.25) is 0 Å². The molecular weight excluding hydrogens is 235 g/mol. The number of rotatable bonds is 2. The van der Waals surface area contributed by atoms with Crippen molar-refractivity contribution in [1.82, 2.24) is 0 Å². The largest absolute Gasteiger partial charge is 0.475 e. The lowest BCUT2D eigenvalue weighted by atomic mass is 10.3. The van der Waals surface area contributed by atoms with Crippen LogP contribution in [0, 0.1) is 10.1 Å². The van der Waals surface area contributed by atoms with Crippen molar-refractivity contribution in [2.45, 2.75) is 10.4 Å². The molecule has 82 valence electrons. The first-order chi connectivity index (χ1) is 6.82. The first kappa shape index (κ1) is 11.6. The Bertz CT molecular complexity index is 418. The van der Waals surface area contributed by atoms with Gasteiger partial charge in [-0.2, -0.15) is 13.2 Å². The van der Waals surface area contributed by atoms with Crippen LogP contribution in [0.4, 0.5) is 18.9 Å². The van der Waals surface area contributed by atoms with Crippen LogP contribution in [0.25, 0.3) is 0 Å². The Morgan fingerprint density at radius 2 is 1.93 bits per heavy atom. The molecule has 0 saturated heterocycles. The van der Waals surface area contributed by atoms with E-state index in [2.05, 4.69) is 0 Å². The Kier molecular flexibility index (Phi) is 3.08. The predicted octanol–water partition coefficient (Wildman–Crippen LogP) is 2.22. The Morgan fingerprint density at radius 3 is 2.40 bits per heavy atom. The van der Waals surface area contributed by atoms with E-state index in [4.69, 9.17) is 0 Å². The molecule has 1 atom stereocenters. The summed E-state index contributed by atoms with van der Waals surface area (Å²) in [6.07, 6.45) is 0. The van der Waals surface area contributed by atoms with Crippen LogP contribution in [0.1, 0.15) is 0 Å². The van der Waals surface area contributed by atoms with E-state index in [9.17, 15) is 27.5 Å². The second-order valence-electron chi connectivity index (χ2n) is 2.47. The van der Waals surface area contributed by atoms with Gasteiger partial charge in [-0.3, -0.25) is 10.1 Å². The maximum Gasteiger partial charge on any atom is 0.475 e. The molecule has 0 aliphatic carbocycles. The highest BCUT2D eigenvalue weighted by molar-refractivity contribution is 7.86. The third-order valence-corrected chi connectivity index (χ3v) is 2.56. The number of nitrogens with zero attached hydrogens (tertiary/aromatic N) is 1. The summed E-state index contributed by atoms with van der Waals surface area (Å²) >= 11 is 0. The van der Waals surface area contributed by atoms with E-state index in [-0.39, 0.29) is 0 Å². The Labute approximate surface area is 84.3 Å². The fourth-order valence-corrected chi connectivity index (χ4v) is 1.54. The average Bonchev–Trinajstić information content (AvgIpc) is 2.15. The number of nitro groups is 1. The van der Waals surface area contributed by atoms with Crippen LogP contribution < -0.4 is 0 Å². The van der Waals surface area contributed by atoms with Crippen LogP contribution in [-0.2, 0) is 10.8 Å². The van der Waals surface area contributed by atoms with E-state index in [1.807, 2.05) is 0 Å². The molecular formula is C7H4F3NO3S. The van der Waals surface area contributed by atoms with Crippen LogP contribution in [0.15, 0.2) is 29.2 Å². The minimum absolute atomic E-state index is 0.523. The zero-order chi connectivity index (χ0) is 11.6. The fourth-order valence-electron chi connectivity index (χ4n) is 0.846. The maximum absolute atomic E-state index is 12.0. The highest BCUT2D eigenvalue weighted by atomic mass is 32.2. The smallest absolute Gasteiger partial charge is 0.258 e. The van der Waals surface area contributed by atoms with E-state index in [0.717, 1.165) is 18.2 Å². The minimum Gasteiger partial charge on any atom is -0.258 e. The molecule has 0 aliphatic heterocycles. The standard InChI is InChI=1S/C7H4F3NO3S/c8-7(9,10)15(14)6-3-1-2-5(4-6)11(12)13/h1-4H. The number of nitro benzene ring substituents is 1. The number of non-ortho nitro benzene ring substituents is 1. The van der Waals surface area contributed by atoms with Gasteiger partial charge in [0.15, 0.2) is 10.8 Å². The highest BCUT2D eigenvalue weighted by Crippen LogP contribution is 2.27. The van der Waals surface area contributed by atoms with Crippen LogP contribution in [0.5, 0.6) is 0 Å². The Morgan fingerprint density at radius 1 is 1.33 bits per heavy atom. The summed E-state index contributed by atoms with van der Waals surface area (Å²) in [6, 6.07) is 3.65. The van der Waals surface area contributed by atoms with Crippen LogP contribution in [0.3, 0.4) is 0 Å². The molecule has 8 heteroatoms. The first-order valence-corrected chi connectivity index (χ1v) is 4.70. The van der Waals surface area contributed by atoms with Crippen molar-refractivity contribution in [3.05, 3.63) is 34.4 Å². The molecule has 0 heterocycles. The van der Waals surface area contributed by atoms with Gasteiger partial charge < -0.3 is 0 Å². The molecule has 15 heavy (non-hydrogen) atoms. The van der Waals surface area contributed by atoms with E-state index < -0.39 is 31.8 Å². The molecule has 0 bridgehead atoms. The monoisotopic (exact) mass is 239 g/mol. The minimum atomic E-state index is -4.91. The van der Waals surface area contributed by atoms with Crippen LogP contribution >= 0.6 is 0 Å². The second kappa shape index (κ2) is 3.97. The third kappa shape index (κ3) is 2.75. The summed E-state index contributed by atoms with van der Waals surface area (Å²) in [5, 5.41) is 10.3. The molecule has 0 saturated carbocycles. The van der Waals surface area contributed by atoms with E-state index in [1.165, 1.54) is 0 Å². The van der Waals surface area contributed by atoms with Crippen molar-refractivity contribution in [3.63, 3.8) is 0 Å². The summed E-state index contributed by atoms with van der Waals surface area (Å²) in [5.74, 6) is 0. The summed E-state index contributed by atoms with van der Waals surface area (Å²) in [4.78, 5) is 8.77. The highest BCUT2D eigenvalue weighted by Gasteiger charge is 2.38. The first-order valence-electron chi connectivity index (χ1n) is 3.55. The normalized spacial score (nSPS) is 13.5. The molecule has 0 aliphatic rings. The van der Waals surface area contributed by atoms with E-state index >= 15 is 0 Å². The van der Waals surface area contributed by atoms with Crippen molar-refractivity contribution >= 4 is 16.5 Å². The van der Waals surface area contributed by atoms with Gasteiger partial charge in [0.25, 0.3) is 5.69 Å². The molecule has 0 fully saturated rings. The number of hydrogen-bond donors (Lipinski definition) is 0. The molecule has 1 rings (SSSR count). The van der Waals surface area contributed by atoms with E-state index in [0.29, 0.717) is 6.07 Å². The SMILES string of the molecule is O=[N+]([O-])c1cccc(S(=O)C(F)(F)F)c1. The zero-order valence-electron chi connectivity index (χ0n) is 7.02. The van der Waals surface area contributed by atoms with Crippen molar-refractivity contribution < 1.29 is 22.3 Å². The van der Waals surface area contributed by atoms with Crippen molar-refractivity contribution in [2.75, 3.05) is 0 Å². The van der Waals surface area contributed by atoms with Crippen LogP contribution in [-0.4, -0.2) is 14.6 Å². The quantitative estimate of drug-likeness (QED) is 0.587. The summed E-state index contributed by atoms with van der Waals surface area (Å²) in [6.45, 7) is 0. The van der Waals surface area contributed by atoms with Gasteiger partial charge in [-0.15, -0.1) is 0 Å². The Hall–Kier alpha value is -1.44. The molecule has 0 N–H and O–H groups in total. The van der Waals surface area contributed by atoms with Crippen molar-refractivity contribution in [1.29, 1.82) is 0 Å². The fraction of sp³-hybridized carbons (Fsp3) is 0.143. The van der Waals surface area contributed by atoms with Gasteiger partial charge in [-0.1, -0.05) is 6.07 Å². The summed E-state index contributed by atoms with van der Waals surface area (Å²) in [5.41, 5.74) is -5.43. The van der Waals surface area contributed by atoms with Gasteiger partial charge in [0.1, 0.15) is 0 Å². The number of benzene rings is 1. The van der Waals surface area contributed by atoms with Crippen molar-refractivity contribution in [2.24, 2.45) is 0 Å². The predicted molar refractivity (Wildman–Crippen MR) is 45.6 cm³/mol. The number of halogens is 3. The zero-order valence-corrected chi connectivity index (χ0v) is 7.84. The van der Waals surface area contributed by atoms with Gasteiger partial charge >= 0.3 is 5.51 Å². The molecule has 0 aromatic heterocycles. The molecule has 0 spiro atoms. The van der Waals surface area contributed by atoms with Gasteiger partial charge in [0.05, 0.1) is 9.82 Å². The van der Waals surface area contributed by atoms with Gasteiger partial charge in [0.2, 0.25) is 0 Å². The maximum atomic E-state index is 12.0. The molecule has 0 radical (unpaired) electrons. The molecule has 0 amide bonds. The number of alkyl halides is 3. The average molecular weight is 239 g/mol. The molecule has 1 aromatic carbocycles. The molecule has 1 unspecified atom stereocenters. The van der Waals surface area contributed by atoms with Crippen molar-refractivity contribution in [3.8, 4) is 0 Å².